The van der Waals surface area contributed by atoms with Gasteiger partial charge in [-0.05, 0) is 54.0 Å². The second-order valence-corrected chi connectivity index (χ2v) is 12.4. The molecule has 0 radical (unpaired) electrons. The van der Waals surface area contributed by atoms with Gasteiger partial charge in [0, 0.05) is 70.8 Å². The van der Waals surface area contributed by atoms with Crippen molar-refractivity contribution in [2.24, 2.45) is 0 Å². The molecule has 0 saturated carbocycles. The Bertz CT molecular complexity index is 535. The summed E-state index contributed by atoms with van der Waals surface area (Å²) >= 11 is 0. The van der Waals surface area contributed by atoms with Gasteiger partial charge in [0.05, 0.1) is 12.5 Å². The van der Waals surface area contributed by atoms with Gasteiger partial charge in [0.2, 0.25) is 5.91 Å². The number of hydrogen-bond acceptors (Lipinski definition) is 9. The lowest BCUT2D eigenvalue weighted by molar-refractivity contribution is -0.367. The monoisotopic (exact) mass is 540 g/mol. The number of carboxylic acid groups (broad SMARTS) is 1. The molecule has 35 heavy (non-hydrogen) atoms. The van der Waals surface area contributed by atoms with E-state index in [1.165, 1.54) is 0 Å². The molecule has 4 N–H and O–H groups in total. The van der Waals surface area contributed by atoms with Crippen molar-refractivity contribution in [3.8, 4) is 0 Å². The summed E-state index contributed by atoms with van der Waals surface area (Å²) in [5, 5.41) is 12.7. The van der Waals surface area contributed by atoms with Gasteiger partial charge in [0.25, 0.3) is 0 Å². The van der Waals surface area contributed by atoms with Crippen LogP contribution in [0.1, 0.15) is 54.4 Å². The van der Waals surface area contributed by atoms with Crippen LogP contribution in [0.3, 0.4) is 0 Å². The predicted molar refractivity (Wildman–Crippen MR) is 135 cm³/mol. The van der Waals surface area contributed by atoms with E-state index in [-0.39, 0.29) is 0 Å². The molecule has 11 nitrogen and oxygen atoms in total. The first-order chi connectivity index (χ1) is 16.7. The van der Waals surface area contributed by atoms with Crippen LogP contribution in [0.5, 0.6) is 0 Å². The van der Waals surface area contributed by atoms with Crippen LogP contribution in [-0.4, -0.2) is 82.2 Å². The van der Waals surface area contributed by atoms with Gasteiger partial charge in [0.15, 0.2) is 0 Å². The summed E-state index contributed by atoms with van der Waals surface area (Å²) in [6.07, 6.45) is 3.24. The number of quaternary nitrogens is 1. The summed E-state index contributed by atoms with van der Waals surface area (Å²) in [6.45, 7) is 16.4. The van der Waals surface area contributed by atoms with Crippen molar-refractivity contribution >= 4 is 29.5 Å². The third-order valence-corrected chi connectivity index (χ3v) is 10.6. The Morgan fingerprint density at radius 1 is 0.714 bits per heavy atom. The number of rotatable bonds is 21. The SMILES string of the molecule is CCO[Si](CCCNC(=O)/C=C/C(=O)[O-])(OCC)OCC.CCO[Si](CCC[NH3+])(OCC)OCC. The van der Waals surface area contributed by atoms with E-state index in [1.54, 1.807) is 0 Å². The second-order valence-electron chi connectivity index (χ2n) is 6.97. The van der Waals surface area contributed by atoms with Crippen molar-refractivity contribution in [3.05, 3.63) is 12.2 Å². The Hall–Kier alpha value is -1.17. The number of carboxylic acids is 1. The molecule has 208 valence electrons. The first kappa shape index (κ1) is 36.0. The third-order valence-electron chi connectivity index (χ3n) is 4.25. The van der Waals surface area contributed by atoms with Crippen molar-refractivity contribution < 1.29 is 47.0 Å². The molecule has 0 aromatic heterocycles. The van der Waals surface area contributed by atoms with Crippen LogP contribution in [0.15, 0.2) is 12.2 Å². The Morgan fingerprint density at radius 3 is 1.40 bits per heavy atom. The minimum Gasteiger partial charge on any atom is -0.545 e. The summed E-state index contributed by atoms with van der Waals surface area (Å²) in [5.74, 6) is -1.88. The number of carbonyl (C=O) groups excluding carboxylic acids is 2. The van der Waals surface area contributed by atoms with E-state index >= 15 is 0 Å². The standard InChI is InChI=1S/C13H25NO6Si.C9H23NO3Si/c1-4-18-21(19-5-2,20-6-3)11-7-10-14-12(15)8-9-13(16)17;1-4-11-14(12-5-2,13-6-3)9-7-8-10/h8-9H,4-7,10-11H2,1-3H3,(H,14,15)(H,16,17);4-10H2,1-3H3/b9-8+;. The van der Waals surface area contributed by atoms with E-state index in [0.717, 1.165) is 25.1 Å². The second kappa shape index (κ2) is 23.2. The van der Waals surface area contributed by atoms with Gasteiger partial charge in [-0.1, -0.05) is 0 Å². The third kappa shape index (κ3) is 18.7. The molecule has 0 aromatic rings. The van der Waals surface area contributed by atoms with Gasteiger partial charge in [-0.2, -0.15) is 0 Å². The largest absolute Gasteiger partial charge is 0.545 e. The van der Waals surface area contributed by atoms with Gasteiger partial charge in [-0.3, -0.25) is 4.79 Å². The fraction of sp³-hybridized carbons (Fsp3) is 0.818. The maximum Gasteiger partial charge on any atom is 0.501 e. The smallest absolute Gasteiger partial charge is 0.501 e. The number of aliphatic carboxylic acids is 1. The Balaban J connectivity index is 0. The lowest BCUT2D eigenvalue weighted by atomic mass is 10.4. The van der Waals surface area contributed by atoms with E-state index in [4.69, 9.17) is 26.6 Å². The van der Waals surface area contributed by atoms with Gasteiger partial charge < -0.3 is 47.5 Å². The van der Waals surface area contributed by atoms with Crippen molar-refractivity contribution in [1.82, 2.24) is 5.32 Å². The maximum atomic E-state index is 11.3. The van der Waals surface area contributed by atoms with Crippen LogP contribution in [0.25, 0.3) is 0 Å². The van der Waals surface area contributed by atoms with E-state index in [9.17, 15) is 14.7 Å². The molecular formula is C22H48N2O9Si2. The number of nitrogens with one attached hydrogen (secondary N) is 1. The molecular weight excluding hydrogens is 492 g/mol. The van der Waals surface area contributed by atoms with Gasteiger partial charge in [-0.25, -0.2) is 0 Å². The summed E-state index contributed by atoms with van der Waals surface area (Å²) < 4.78 is 34.1. The minimum absolute atomic E-state index is 0.387. The van der Waals surface area contributed by atoms with E-state index in [0.29, 0.717) is 64.7 Å². The average molecular weight is 541 g/mol. The lowest BCUT2D eigenvalue weighted by Crippen LogP contribution is -2.52. The fourth-order valence-corrected chi connectivity index (χ4v) is 8.36. The maximum absolute atomic E-state index is 11.3. The molecule has 0 aliphatic carbocycles. The van der Waals surface area contributed by atoms with Crippen LogP contribution >= 0.6 is 0 Å². The van der Waals surface area contributed by atoms with Crippen LogP contribution in [0.2, 0.25) is 12.1 Å². The molecule has 0 aliphatic rings. The molecule has 0 aliphatic heterocycles. The van der Waals surface area contributed by atoms with Crippen LogP contribution < -0.4 is 16.2 Å². The topological polar surface area (TPSA) is 152 Å². The quantitative estimate of drug-likeness (QED) is 0.120. The number of carbonyl (C=O) groups is 2. The van der Waals surface area contributed by atoms with E-state index < -0.39 is 29.5 Å². The summed E-state index contributed by atoms with van der Waals surface area (Å²) in [4.78, 5) is 21.4. The predicted octanol–water partition coefficient (Wildman–Crippen LogP) is 0.514. The highest BCUT2D eigenvalue weighted by Gasteiger charge is 2.40. The fourth-order valence-electron chi connectivity index (χ4n) is 3.06. The molecule has 0 unspecified atom stereocenters. The molecule has 0 bridgehead atoms. The molecule has 0 saturated heterocycles. The van der Waals surface area contributed by atoms with Crippen molar-refractivity contribution in [1.29, 1.82) is 0 Å². The molecule has 0 atom stereocenters. The zero-order chi connectivity index (χ0) is 27.0. The highest BCUT2D eigenvalue weighted by atomic mass is 28.4. The summed E-state index contributed by atoms with van der Waals surface area (Å²) in [7, 11) is -5.03. The average Bonchev–Trinajstić information content (AvgIpc) is 2.81. The first-order valence-corrected chi connectivity index (χ1v) is 16.4. The highest BCUT2D eigenvalue weighted by molar-refractivity contribution is 6.61. The Labute approximate surface area is 213 Å². The number of hydrogen-bond donors (Lipinski definition) is 2. The molecule has 0 aromatic carbocycles. The number of amides is 1. The summed E-state index contributed by atoms with van der Waals surface area (Å²) in [5.41, 5.74) is 3.82. The van der Waals surface area contributed by atoms with Crippen LogP contribution in [0, 0.1) is 0 Å². The van der Waals surface area contributed by atoms with Crippen molar-refractivity contribution in [2.75, 3.05) is 52.7 Å². The molecule has 0 heterocycles. The van der Waals surface area contributed by atoms with Crippen LogP contribution in [0.4, 0.5) is 0 Å². The molecule has 0 spiro atoms. The zero-order valence-corrected chi connectivity index (χ0v) is 24.5. The van der Waals surface area contributed by atoms with E-state index in [1.807, 2.05) is 41.5 Å². The van der Waals surface area contributed by atoms with Crippen LogP contribution in [-0.2, 0) is 36.1 Å². The van der Waals surface area contributed by atoms with Gasteiger partial charge in [0.1, 0.15) is 0 Å². The Morgan fingerprint density at radius 2 is 1.09 bits per heavy atom. The minimum atomic E-state index is -2.68. The molecule has 1 amide bonds. The lowest BCUT2D eigenvalue weighted by Gasteiger charge is -2.28. The van der Waals surface area contributed by atoms with Crippen molar-refractivity contribution in [3.63, 3.8) is 0 Å². The Kier molecular flexibility index (Phi) is 23.9. The van der Waals surface area contributed by atoms with Crippen molar-refractivity contribution in [2.45, 2.75) is 66.5 Å². The normalized spacial score (nSPS) is 11.9. The summed E-state index contributed by atoms with van der Waals surface area (Å²) in [6, 6.07) is 1.47. The van der Waals surface area contributed by atoms with Gasteiger partial charge >= 0.3 is 17.6 Å². The molecule has 0 rings (SSSR count). The zero-order valence-electron chi connectivity index (χ0n) is 22.5. The van der Waals surface area contributed by atoms with E-state index in [2.05, 4.69) is 11.1 Å². The first-order valence-electron chi connectivity index (χ1n) is 12.5. The molecule has 13 heteroatoms. The highest BCUT2D eigenvalue weighted by Crippen LogP contribution is 2.18. The van der Waals surface area contributed by atoms with Gasteiger partial charge in [-0.15, -0.1) is 0 Å². The molecule has 0 fully saturated rings.